The quantitative estimate of drug-likeness (QED) is 0.783. The van der Waals surface area contributed by atoms with E-state index in [1.165, 1.54) is 6.42 Å². The standard InChI is InChI=1S/C14H22ClN3O/c1-14(2,3)18-9-7-16-12(13(18)19)17-8-5-4-6-11(17)10-15/h7,9,11H,4-6,8,10H2,1-3H3. The zero-order valence-electron chi connectivity index (χ0n) is 11.9. The number of piperidine rings is 1. The van der Waals surface area contributed by atoms with Crippen molar-refractivity contribution in [1.29, 1.82) is 0 Å². The van der Waals surface area contributed by atoms with Gasteiger partial charge < -0.3 is 9.47 Å². The first-order chi connectivity index (χ1) is 8.95. The third kappa shape index (κ3) is 2.94. The summed E-state index contributed by atoms with van der Waals surface area (Å²) in [7, 11) is 0. The summed E-state index contributed by atoms with van der Waals surface area (Å²) < 4.78 is 1.75. The molecule has 0 bridgehead atoms. The number of hydrogen-bond acceptors (Lipinski definition) is 3. The molecule has 19 heavy (non-hydrogen) atoms. The van der Waals surface area contributed by atoms with E-state index in [9.17, 15) is 4.79 Å². The van der Waals surface area contributed by atoms with Crippen molar-refractivity contribution in [2.45, 2.75) is 51.6 Å². The Balaban J connectivity index is 2.42. The van der Waals surface area contributed by atoms with Gasteiger partial charge >= 0.3 is 0 Å². The van der Waals surface area contributed by atoms with E-state index in [-0.39, 0.29) is 17.1 Å². The maximum absolute atomic E-state index is 12.6. The topological polar surface area (TPSA) is 38.1 Å². The largest absolute Gasteiger partial charge is 0.348 e. The first kappa shape index (κ1) is 14.4. The first-order valence-corrected chi connectivity index (χ1v) is 7.39. The van der Waals surface area contributed by atoms with Crippen molar-refractivity contribution < 1.29 is 0 Å². The molecule has 0 aromatic carbocycles. The summed E-state index contributed by atoms with van der Waals surface area (Å²) in [5.74, 6) is 1.09. The van der Waals surface area contributed by atoms with E-state index in [4.69, 9.17) is 11.6 Å². The molecule has 0 radical (unpaired) electrons. The molecule has 0 amide bonds. The number of alkyl halides is 1. The van der Waals surface area contributed by atoms with Crippen LogP contribution >= 0.6 is 11.6 Å². The van der Waals surface area contributed by atoms with Crippen LogP contribution in [0, 0.1) is 0 Å². The zero-order chi connectivity index (χ0) is 14.0. The molecule has 0 N–H and O–H groups in total. The lowest BCUT2D eigenvalue weighted by molar-refractivity contribution is 0.380. The predicted molar refractivity (Wildman–Crippen MR) is 79.2 cm³/mol. The number of hydrogen-bond donors (Lipinski definition) is 0. The van der Waals surface area contributed by atoms with E-state index in [2.05, 4.69) is 9.88 Å². The smallest absolute Gasteiger partial charge is 0.293 e. The lowest BCUT2D eigenvalue weighted by Crippen LogP contribution is -2.46. The van der Waals surface area contributed by atoms with Gasteiger partial charge in [-0.1, -0.05) is 0 Å². The average molecular weight is 284 g/mol. The Labute approximate surface area is 119 Å². The highest BCUT2D eigenvalue weighted by Crippen LogP contribution is 2.22. The Kier molecular flexibility index (Phi) is 4.19. The molecule has 0 aliphatic carbocycles. The second-order valence-electron chi connectivity index (χ2n) is 6.09. The van der Waals surface area contributed by atoms with E-state index in [1.54, 1.807) is 17.0 Å². The Morgan fingerprint density at radius 2 is 2.16 bits per heavy atom. The van der Waals surface area contributed by atoms with Crippen LogP contribution in [0.4, 0.5) is 5.82 Å². The number of aromatic nitrogens is 2. The highest BCUT2D eigenvalue weighted by molar-refractivity contribution is 6.18. The second-order valence-corrected chi connectivity index (χ2v) is 6.40. The van der Waals surface area contributed by atoms with Gasteiger partial charge in [-0.15, -0.1) is 11.6 Å². The third-order valence-corrected chi connectivity index (χ3v) is 3.98. The molecule has 0 saturated carbocycles. The summed E-state index contributed by atoms with van der Waals surface area (Å²) in [6, 6.07) is 0.228. The van der Waals surface area contributed by atoms with E-state index in [0.29, 0.717) is 11.7 Å². The van der Waals surface area contributed by atoms with Gasteiger partial charge in [0.25, 0.3) is 5.56 Å². The van der Waals surface area contributed by atoms with Crippen LogP contribution in [0.3, 0.4) is 0 Å². The molecule has 1 aromatic heterocycles. The molecule has 1 atom stereocenters. The van der Waals surface area contributed by atoms with Gasteiger partial charge in [-0.3, -0.25) is 4.79 Å². The molecule has 106 valence electrons. The van der Waals surface area contributed by atoms with Crippen LogP contribution in [0.2, 0.25) is 0 Å². The van der Waals surface area contributed by atoms with Crippen molar-refractivity contribution >= 4 is 17.4 Å². The van der Waals surface area contributed by atoms with Crippen LogP contribution in [0.1, 0.15) is 40.0 Å². The highest BCUT2D eigenvalue weighted by Gasteiger charge is 2.26. The lowest BCUT2D eigenvalue weighted by Gasteiger charge is -2.35. The van der Waals surface area contributed by atoms with Gasteiger partial charge in [0.1, 0.15) is 0 Å². The zero-order valence-corrected chi connectivity index (χ0v) is 12.7. The van der Waals surface area contributed by atoms with Crippen molar-refractivity contribution in [3.8, 4) is 0 Å². The molecule has 1 fully saturated rings. The maximum atomic E-state index is 12.6. The molecule has 0 spiro atoms. The van der Waals surface area contributed by atoms with Crippen LogP contribution in [0.15, 0.2) is 17.2 Å². The van der Waals surface area contributed by atoms with Gasteiger partial charge in [0.05, 0.1) is 0 Å². The first-order valence-electron chi connectivity index (χ1n) is 6.86. The molecular weight excluding hydrogens is 262 g/mol. The van der Waals surface area contributed by atoms with Crippen LogP contribution < -0.4 is 10.5 Å². The fourth-order valence-electron chi connectivity index (χ4n) is 2.57. The van der Waals surface area contributed by atoms with Crippen molar-refractivity contribution in [1.82, 2.24) is 9.55 Å². The summed E-state index contributed by atoms with van der Waals surface area (Å²) >= 11 is 6.03. The number of nitrogens with zero attached hydrogens (tertiary/aromatic N) is 3. The van der Waals surface area contributed by atoms with Crippen molar-refractivity contribution in [2.75, 3.05) is 17.3 Å². The Morgan fingerprint density at radius 3 is 2.79 bits per heavy atom. The molecule has 1 unspecified atom stereocenters. The number of halogens is 1. The lowest BCUT2D eigenvalue weighted by atomic mass is 10.0. The fraction of sp³-hybridized carbons (Fsp3) is 0.714. The summed E-state index contributed by atoms with van der Waals surface area (Å²) in [6.07, 6.45) is 6.77. The SMILES string of the molecule is CC(C)(C)n1ccnc(N2CCCCC2CCl)c1=O. The molecule has 1 aliphatic rings. The summed E-state index contributed by atoms with van der Waals surface area (Å²) in [6.45, 7) is 6.93. The third-order valence-electron chi connectivity index (χ3n) is 3.62. The van der Waals surface area contributed by atoms with Gasteiger partial charge in [-0.05, 0) is 40.0 Å². The van der Waals surface area contributed by atoms with Crippen molar-refractivity contribution in [2.24, 2.45) is 0 Å². The van der Waals surface area contributed by atoms with Crippen molar-refractivity contribution in [3.63, 3.8) is 0 Å². The minimum Gasteiger partial charge on any atom is -0.348 e. The second kappa shape index (κ2) is 5.53. The number of anilines is 1. The van der Waals surface area contributed by atoms with Gasteiger partial charge in [-0.25, -0.2) is 4.98 Å². The van der Waals surface area contributed by atoms with Crippen LogP contribution in [-0.2, 0) is 5.54 Å². The molecule has 1 saturated heterocycles. The Bertz CT molecular complexity index is 492. The Hall–Kier alpha value is -1.03. The van der Waals surface area contributed by atoms with E-state index in [1.807, 2.05) is 20.8 Å². The molecule has 2 rings (SSSR count). The minimum absolute atomic E-state index is 0.0213. The number of rotatable bonds is 2. The van der Waals surface area contributed by atoms with Crippen molar-refractivity contribution in [3.05, 3.63) is 22.7 Å². The van der Waals surface area contributed by atoms with Gasteiger partial charge in [-0.2, -0.15) is 0 Å². The van der Waals surface area contributed by atoms with Crippen LogP contribution in [-0.4, -0.2) is 28.0 Å². The molecule has 5 heteroatoms. The molecule has 1 aromatic rings. The molecule has 4 nitrogen and oxygen atoms in total. The van der Waals surface area contributed by atoms with Gasteiger partial charge in [0, 0.05) is 36.4 Å². The van der Waals surface area contributed by atoms with Crippen LogP contribution in [0.25, 0.3) is 0 Å². The van der Waals surface area contributed by atoms with E-state index in [0.717, 1.165) is 19.4 Å². The summed E-state index contributed by atoms with van der Waals surface area (Å²) in [5.41, 5.74) is -0.256. The highest BCUT2D eigenvalue weighted by atomic mass is 35.5. The normalized spacial score (nSPS) is 20.6. The maximum Gasteiger partial charge on any atom is 0.293 e. The monoisotopic (exact) mass is 283 g/mol. The van der Waals surface area contributed by atoms with E-state index >= 15 is 0 Å². The minimum atomic E-state index is -0.235. The molecular formula is C14H22ClN3O. The fourth-order valence-corrected chi connectivity index (χ4v) is 2.89. The molecule has 2 heterocycles. The Morgan fingerprint density at radius 1 is 1.42 bits per heavy atom. The average Bonchev–Trinajstić information content (AvgIpc) is 2.37. The van der Waals surface area contributed by atoms with Crippen LogP contribution in [0.5, 0.6) is 0 Å². The summed E-state index contributed by atoms with van der Waals surface area (Å²) in [4.78, 5) is 19.0. The van der Waals surface area contributed by atoms with E-state index < -0.39 is 0 Å². The predicted octanol–water partition coefficient (Wildman–Crippen LogP) is 2.60. The van der Waals surface area contributed by atoms with Gasteiger partial charge in [0.2, 0.25) is 0 Å². The summed E-state index contributed by atoms with van der Waals surface area (Å²) in [5, 5.41) is 0. The van der Waals surface area contributed by atoms with Gasteiger partial charge in [0.15, 0.2) is 5.82 Å². The molecule has 1 aliphatic heterocycles.